The highest BCUT2D eigenvalue weighted by Gasteiger charge is 2.10. The number of halogens is 1. The number of pyridine rings is 1. The fourth-order valence-corrected chi connectivity index (χ4v) is 1.80. The molecule has 1 amide bonds. The van der Waals surface area contributed by atoms with Crippen molar-refractivity contribution in [2.45, 2.75) is 13.5 Å². The highest BCUT2D eigenvalue weighted by Crippen LogP contribution is 2.15. The van der Waals surface area contributed by atoms with Crippen LogP contribution in [0.15, 0.2) is 36.4 Å². The maximum Gasteiger partial charge on any atom is 0.411 e. The molecule has 7 heteroatoms. The minimum absolute atomic E-state index is 0.269. The zero-order chi connectivity index (χ0) is 15.9. The number of anilines is 3. The third-order valence-corrected chi connectivity index (χ3v) is 2.88. The van der Waals surface area contributed by atoms with E-state index in [-0.39, 0.29) is 12.4 Å². The molecule has 22 heavy (non-hydrogen) atoms. The highest BCUT2D eigenvalue weighted by molar-refractivity contribution is 5.87. The first-order valence-corrected chi connectivity index (χ1v) is 6.82. The Morgan fingerprint density at radius 3 is 2.64 bits per heavy atom. The summed E-state index contributed by atoms with van der Waals surface area (Å²) in [5.41, 5.74) is 7.21. The van der Waals surface area contributed by atoms with E-state index in [0.29, 0.717) is 23.9 Å². The summed E-state index contributed by atoms with van der Waals surface area (Å²) in [6, 6.07) is 9.60. The molecule has 1 heterocycles. The third-order valence-electron chi connectivity index (χ3n) is 2.88. The Balaban J connectivity index is 1.97. The van der Waals surface area contributed by atoms with Gasteiger partial charge in [0.2, 0.25) is 11.6 Å². The summed E-state index contributed by atoms with van der Waals surface area (Å²) in [5.74, 6) is 0.711. The number of amides is 1. The predicted octanol–water partition coefficient (Wildman–Crippen LogP) is 2.40. The Hall–Kier alpha value is -2.83. The summed E-state index contributed by atoms with van der Waals surface area (Å²) in [6.07, 6.45) is -0.561. The first kappa shape index (κ1) is 15.6. The van der Waals surface area contributed by atoms with Gasteiger partial charge >= 0.3 is 6.09 Å². The van der Waals surface area contributed by atoms with E-state index in [2.05, 4.69) is 15.6 Å². The van der Waals surface area contributed by atoms with Crippen LogP contribution < -0.4 is 21.4 Å². The van der Waals surface area contributed by atoms with Crippen molar-refractivity contribution in [1.29, 1.82) is 0 Å². The Labute approximate surface area is 127 Å². The van der Waals surface area contributed by atoms with Crippen LogP contribution in [0.3, 0.4) is 0 Å². The molecule has 0 fully saturated rings. The molecule has 2 aromatic rings. The lowest BCUT2D eigenvalue weighted by Crippen LogP contribution is -2.21. The summed E-state index contributed by atoms with van der Waals surface area (Å²) < 4.78 is 17.6. The van der Waals surface area contributed by atoms with E-state index in [1.165, 1.54) is 12.1 Å². The van der Waals surface area contributed by atoms with Crippen molar-refractivity contribution < 1.29 is 18.9 Å². The van der Waals surface area contributed by atoms with Crippen LogP contribution in [-0.4, -0.2) is 12.7 Å². The fourth-order valence-electron chi connectivity index (χ4n) is 1.80. The smallest absolute Gasteiger partial charge is 0.411 e. The van der Waals surface area contributed by atoms with E-state index in [1.807, 2.05) is 0 Å². The van der Waals surface area contributed by atoms with Crippen molar-refractivity contribution in [3.8, 4) is 0 Å². The number of ether oxygens (including phenoxy) is 1. The number of rotatable bonds is 5. The van der Waals surface area contributed by atoms with Gasteiger partial charge in [0.05, 0.1) is 13.2 Å². The molecule has 0 aliphatic carbocycles. The van der Waals surface area contributed by atoms with Crippen LogP contribution in [0.5, 0.6) is 0 Å². The van der Waals surface area contributed by atoms with Crippen molar-refractivity contribution in [2.75, 3.05) is 23.0 Å². The van der Waals surface area contributed by atoms with Crippen molar-refractivity contribution in [3.63, 3.8) is 0 Å². The molecule has 1 aromatic heterocycles. The number of aromatic nitrogens is 1. The number of hydrogen-bond donors (Lipinski definition) is 3. The highest BCUT2D eigenvalue weighted by atomic mass is 19.1. The third kappa shape index (κ3) is 4.34. The zero-order valence-electron chi connectivity index (χ0n) is 12.2. The second-order valence-corrected chi connectivity index (χ2v) is 4.52. The Kier molecular flexibility index (Phi) is 5.13. The first-order valence-electron chi connectivity index (χ1n) is 6.82. The van der Waals surface area contributed by atoms with Crippen molar-refractivity contribution in [1.82, 2.24) is 0 Å². The second-order valence-electron chi connectivity index (χ2n) is 4.52. The minimum Gasteiger partial charge on any atom is -0.450 e. The van der Waals surface area contributed by atoms with Gasteiger partial charge in [-0.3, -0.25) is 5.32 Å². The van der Waals surface area contributed by atoms with Crippen molar-refractivity contribution in [3.05, 3.63) is 47.8 Å². The first-order chi connectivity index (χ1) is 10.6. The molecule has 0 bridgehead atoms. The van der Waals surface area contributed by atoms with Gasteiger partial charge < -0.3 is 15.8 Å². The number of carbonyl (C=O) groups is 1. The zero-order valence-corrected chi connectivity index (χ0v) is 12.2. The van der Waals surface area contributed by atoms with Gasteiger partial charge in [-0.1, -0.05) is 12.1 Å². The Morgan fingerprint density at radius 1 is 1.27 bits per heavy atom. The average molecular weight is 305 g/mol. The van der Waals surface area contributed by atoms with Crippen LogP contribution in [0.2, 0.25) is 0 Å². The van der Waals surface area contributed by atoms with Crippen LogP contribution in [0.25, 0.3) is 0 Å². The summed E-state index contributed by atoms with van der Waals surface area (Å²) in [4.78, 5) is 14.3. The molecule has 1 aromatic carbocycles. The van der Waals surface area contributed by atoms with E-state index in [0.717, 1.165) is 5.56 Å². The maximum absolute atomic E-state index is 12.8. The summed E-state index contributed by atoms with van der Waals surface area (Å²) >= 11 is 0. The van der Waals surface area contributed by atoms with Gasteiger partial charge in [-0.15, -0.1) is 0 Å². The molecule has 6 nitrogen and oxygen atoms in total. The summed E-state index contributed by atoms with van der Waals surface area (Å²) in [5, 5.41) is 5.66. The van der Waals surface area contributed by atoms with Gasteiger partial charge in [-0.2, -0.15) is 0 Å². The molecule has 0 unspecified atom stereocenters. The van der Waals surface area contributed by atoms with Gasteiger partial charge in [0.15, 0.2) is 0 Å². The summed E-state index contributed by atoms with van der Waals surface area (Å²) in [7, 11) is 0. The molecular weight excluding hydrogens is 287 g/mol. The lowest BCUT2D eigenvalue weighted by atomic mass is 10.2. The average Bonchev–Trinajstić information content (AvgIpc) is 2.49. The number of carbonyl (C=O) groups excluding carboxylic acids is 1. The topological polar surface area (TPSA) is 90.5 Å². The monoisotopic (exact) mass is 305 g/mol. The molecule has 0 saturated heterocycles. The van der Waals surface area contributed by atoms with Gasteiger partial charge in [-0.25, -0.2) is 14.2 Å². The molecule has 0 aliphatic heterocycles. The van der Waals surface area contributed by atoms with E-state index < -0.39 is 6.09 Å². The lowest BCUT2D eigenvalue weighted by Gasteiger charge is -2.07. The SMILES string of the molecule is CCOC(=O)Nc1ccc(NCc2ccc(F)cc2)[nH+]c1N. The molecule has 0 radical (unpaired) electrons. The van der Waals surface area contributed by atoms with Crippen LogP contribution in [0.4, 0.5) is 26.5 Å². The van der Waals surface area contributed by atoms with Crippen LogP contribution in [0, 0.1) is 5.82 Å². The van der Waals surface area contributed by atoms with Crippen LogP contribution in [0.1, 0.15) is 12.5 Å². The normalized spacial score (nSPS) is 10.1. The van der Waals surface area contributed by atoms with E-state index in [4.69, 9.17) is 10.5 Å². The number of hydrogen-bond acceptors (Lipinski definition) is 4. The Bertz CT molecular complexity index is 646. The fraction of sp³-hybridized carbons (Fsp3) is 0.200. The van der Waals surface area contributed by atoms with Gasteiger partial charge in [-0.05, 0) is 30.7 Å². The molecule has 0 spiro atoms. The van der Waals surface area contributed by atoms with Gasteiger partial charge in [0, 0.05) is 6.07 Å². The number of nitrogens with one attached hydrogen (secondary N) is 3. The van der Waals surface area contributed by atoms with E-state index >= 15 is 0 Å². The molecular formula is C15H18FN4O2+. The van der Waals surface area contributed by atoms with Gasteiger partial charge in [0.25, 0.3) is 0 Å². The number of H-pyrrole nitrogens is 1. The number of nitrogen functional groups attached to an aromatic ring is 1. The second kappa shape index (κ2) is 7.26. The van der Waals surface area contributed by atoms with Gasteiger partial charge in [0.1, 0.15) is 11.5 Å². The van der Waals surface area contributed by atoms with E-state index in [1.54, 1.807) is 31.2 Å². The number of nitrogens with two attached hydrogens (primary N) is 1. The van der Waals surface area contributed by atoms with E-state index in [9.17, 15) is 9.18 Å². The van der Waals surface area contributed by atoms with Crippen molar-refractivity contribution in [2.24, 2.45) is 0 Å². The van der Waals surface area contributed by atoms with Crippen LogP contribution >= 0.6 is 0 Å². The molecule has 0 saturated carbocycles. The lowest BCUT2D eigenvalue weighted by molar-refractivity contribution is -0.342. The summed E-state index contributed by atoms with van der Waals surface area (Å²) in [6.45, 7) is 2.52. The number of aromatic amines is 1. The van der Waals surface area contributed by atoms with Crippen LogP contribution in [-0.2, 0) is 11.3 Å². The standard InChI is InChI=1S/C15H17FN4O2/c1-2-22-15(21)19-12-7-8-13(20-14(12)17)18-9-10-3-5-11(16)6-4-10/h3-8H,2,9H2,1H3,(H,19,21)(H3,17,18,20)/p+1. The molecule has 116 valence electrons. The maximum atomic E-state index is 12.8. The quantitative estimate of drug-likeness (QED) is 0.791. The molecule has 0 aliphatic rings. The molecule has 5 N–H and O–H groups in total. The minimum atomic E-state index is -0.561. The molecule has 0 atom stereocenters. The molecule has 2 rings (SSSR count). The number of benzene rings is 1. The van der Waals surface area contributed by atoms with Crippen molar-refractivity contribution >= 4 is 23.4 Å². The largest absolute Gasteiger partial charge is 0.450 e. The predicted molar refractivity (Wildman–Crippen MR) is 81.8 cm³/mol. The Morgan fingerprint density at radius 2 is 2.00 bits per heavy atom.